The zero-order valence-corrected chi connectivity index (χ0v) is 11.6. The minimum absolute atomic E-state index is 0.519. The third-order valence-electron chi connectivity index (χ3n) is 3.24. The summed E-state index contributed by atoms with van der Waals surface area (Å²) in [4.78, 5) is 0. The fourth-order valence-corrected chi connectivity index (χ4v) is 2.31. The van der Waals surface area contributed by atoms with Gasteiger partial charge in [-0.2, -0.15) is 0 Å². The molecule has 0 saturated heterocycles. The third kappa shape index (κ3) is 6.85. The van der Waals surface area contributed by atoms with Gasteiger partial charge in [-0.3, -0.25) is 0 Å². The molecule has 0 aromatic rings. The van der Waals surface area contributed by atoms with Crippen LogP contribution in [-0.4, -0.2) is 25.8 Å². The summed E-state index contributed by atoms with van der Waals surface area (Å²) in [6.07, 6.45) is 11.3. The van der Waals surface area contributed by atoms with Crippen molar-refractivity contribution in [2.24, 2.45) is 0 Å². The fraction of sp³-hybridized carbons (Fsp3) is 0.867. The van der Waals surface area contributed by atoms with Crippen LogP contribution in [0.4, 0.5) is 0 Å². The first kappa shape index (κ1) is 14.7. The normalized spacial score (nSPS) is 17.9. The topological polar surface area (TPSA) is 21.3 Å². The number of hydrogen-bond donors (Lipinski definition) is 1. The van der Waals surface area contributed by atoms with E-state index in [4.69, 9.17) is 4.74 Å². The van der Waals surface area contributed by atoms with Crippen molar-refractivity contribution in [3.8, 4) is 0 Å². The first-order chi connectivity index (χ1) is 8.36. The highest BCUT2D eigenvalue weighted by Crippen LogP contribution is 2.21. The highest BCUT2D eigenvalue weighted by Gasteiger charge is 2.12. The molecule has 100 valence electrons. The Morgan fingerprint density at radius 1 is 1.29 bits per heavy atom. The van der Waals surface area contributed by atoms with Crippen LogP contribution in [0.25, 0.3) is 0 Å². The molecular weight excluding hydrogens is 210 g/mol. The lowest BCUT2D eigenvalue weighted by Crippen LogP contribution is -2.34. The molecule has 0 spiro atoms. The van der Waals surface area contributed by atoms with Crippen LogP contribution in [0.1, 0.15) is 58.8 Å². The van der Waals surface area contributed by atoms with Gasteiger partial charge in [-0.1, -0.05) is 25.5 Å². The smallest absolute Gasteiger partial charge is 0.0622 e. The SMILES string of the molecule is CCCNC(COCCC)CC1=CCCCC1. The standard InChI is InChI=1S/C15H29NO/c1-3-10-16-15(13-17-11-4-2)12-14-8-6-5-7-9-14/h8,15-16H,3-7,9-13H2,1-2H3. The summed E-state index contributed by atoms with van der Waals surface area (Å²) in [5.41, 5.74) is 1.64. The molecule has 0 bridgehead atoms. The van der Waals surface area contributed by atoms with E-state index in [0.29, 0.717) is 6.04 Å². The molecule has 0 saturated carbocycles. The Labute approximate surface area is 107 Å². The summed E-state index contributed by atoms with van der Waals surface area (Å²) in [6, 6.07) is 0.519. The van der Waals surface area contributed by atoms with E-state index in [1.165, 1.54) is 38.5 Å². The minimum atomic E-state index is 0.519. The molecule has 2 nitrogen and oxygen atoms in total. The lowest BCUT2D eigenvalue weighted by Gasteiger charge is -2.22. The second-order valence-electron chi connectivity index (χ2n) is 5.04. The lowest BCUT2D eigenvalue weighted by molar-refractivity contribution is 0.111. The maximum atomic E-state index is 5.69. The summed E-state index contributed by atoms with van der Waals surface area (Å²) in [5.74, 6) is 0. The molecule has 1 atom stereocenters. The van der Waals surface area contributed by atoms with E-state index in [1.54, 1.807) is 5.57 Å². The Morgan fingerprint density at radius 2 is 2.18 bits per heavy atom. The van der Waals surface area contributed by atoms with Crippen molar-refractivity contribution >= 4 is 0 Å². The molecular formula is C15H29NO. The molecule has 1 aliphatic carbocycles. The quantitative estimate of drug-likeness (QED) is 0.489. The average Bonchev–Trinajstić information content (AvgIpc) is 2.37. The Kier molecular flexibility index (Phi) is 8.37. The van der Waals surface area contributed by atoms with Crippen LogP contribution in [0.3, 0.4) is 0 Å². The lowest BCUT2D eigenvalue weighted by atomic mass is 9.94. The van der Waals surface area contributed by atoms with Gasteiger partial charge in [0, 0.05) is 12.6 Å². The van der Waals surface area contributed by atoms with Crippen molar-refractivity contribution in [3.63, 3.8) is 0 Å². The van der Waals surface area contributed by atoms with Gasteiger partial charge in [0.05, 0.1) is 6.61 Å². The van der Waals surface area contributed by atoms with Gasteiger partial charge in [0.25, 0.3) is 0 Å². The van der Waals surface area contributed by atoms with Crippen molar-refractivity contribution in [1.29, 1.82) is 0 Å². The molecule has 0 heterocycles. The Morgan fingerprint density at radius 3 is 2.82 bits per heavy atom. The summed E-state index contributed by atoms with van der Waals surface area (Å²) in [7, 11) is 0. The van der Waals surface area contributed by atoms with Gasteiger partial charge in [0.2, 0.25) is 0 Å². The van der Waals surface area contributed by atoms with E-state index in [9.17, 15) is 0 Å². The van der Waals surface area contributed by atoms with Crippen molar-refractivity contribution < 1.29 is 4.74 Å². The van der Waals surface area contributed by atoms with Gasteiger partial charge in [-0.05, 0) is 51.5 Å². The summed E-state index contributed by atoms with van der Waals surface area (Å²) in [6.45, 7) is 7.25. The van der Waals surface area contributed by atoms with Crippen LogP contribution in [0.2, 0.25) is 0 Å². The van der Waals surface area contributed by atoms with Crippen molar-refractivity contribution in [3.05, 3.63) is 11.6 Å². The number of allylic oxidation sites excluding steroid dienone is 1. The molecule has 1 aliphatic rings. The Balaban J connectivity index is 2.30. The molecule has 1 rings (SSSR count). The van der Waals surface area contributed by atoms with Crippen LogP contribution in [0.5, 0.6) is 0 Å². The van der Waals surface area contributed by atoms with Crippen molar-refractivity contribution in [2.45, 2.75) is 64.8 Å². The number of rotatable bonds is 9. The Hall–Kier alpha value is -0.340. The van der Waals surface area contributed by atoms with Crippen LogP contribution in [-0.2, 0) is 4.74 Å². The molecule has 1 N–H and O–H groups in total. The van der Waals surface area contributed by atoms with Crippen LogP contribution >= 0.6 is 0 Å². The molecule has 17 heavy (non-hydrogen) atoms. The first-order valence-electron chi connectivity index (χ1n) is 7.35. The molecule has 0 aromatic heterocycles. The summed E-state index contributed by atoms with van der Waals surface area (Å²) >= 11 is 0. The largest absolute Gasteiger partial charge is 0.380 e. The summed E-state index contributed by atoms with van der Waals surface area (Å²) < 4.78 is 5.69. The van der Waals surface area contributed by atoms with Gasteiger partial charge in [-0.15, -0.1) is 0 Å². The van der Waals surface area contributed by atoms with Gasteiger partial charge in [-0.25, -0.2) is 0 Å². The molecule has 0 amide bonds. The van der Waals surface area contributed by atoms with Crippen molar-refractivity contribution in [1.82, 2.24) is 5.32 Å². The maximum Gasteiger partial charge on any atom is 0.0622 e. The second-order valence-corrected chi connectivity index (χ2v) is 5.04. The highest BCUT2D eigenvalue weighted by atomic mass is 16.5. The van der Waals surface area contributed by atoms with E-state index in [-0.39, 0.29) is 0 Å². The number of nitrogens with one attached hydrogen (secondary N) is 1. The minimum Gasteiger partial charge on any atom is -0.380 e. The number of hydrogen-bond acceptors (Lipinski definition) is 2. The predicted octanol–water partition coefficient (Wildman–Crippen LogP) is 3.67. The molecule has 0 aliphatic heterocycles. The van der Waals surface area contributed by atoms with Gasteiger partial charge < -0.3 is 10.1 Å². The van der Waals surface area contributed by atoms with E-state index >= 15 is 0 Å². The van der Waals surface area contributed by atoms with Gasteiger partial charge >= 0.3 is 0 Å². The van der Waals surface area contributed by atoms with Crippen molar-refractivity contribution in [2.75, 3.05) is 19.8 Å². The van der Waals surface area contributed by atoms with E-state index in [0.717, 1.165) is 26.2 Å². The molecule has 0 aromatic carbocycles. The maximum absolute atomic E-state index is 5.69. The van der Waals surface area contributed by atoms with E-state index in [1.807, 2.05) is 0 Å². The predicted molar refractivity (Wildman–Crippen MR) is 74.4 cm³/mol. The first-order valence-corrected chi connectivity index (χ1v) is 7.35. The van der Waals surface area contributed by atoms with E-state index < -0.39 is 0 Å². The third-order valence-corrected chi connectivity index (χ3v) is 3.24. The average molecular weight is 239 g/mol. The van der Waals surface area contributed by atoms with Crippen LogP contribution in [0, 0.1) is 0 Å². The van der Waals surface area contributed by atoms with Gasteiger partial charge in [0.1, 0.15) is 0 Å². The zero-order chi connectivity index (χ0) is 12.3. The molecule has 0 fully saturated rings. The second kappa shape index (κ2) is 9.67. The van der Waals surface area contributed by atoms with Gasteiger partial charge in [0.15, 0.2) is 0 Å². The molecule has 2 heteroatoms. The van der Waals surface area contributed by atoms with Crippen LogP contribution in [0.15, 0.2) is 11.6 Å². The zero-order valence-electron chi connectivity index (χ0n) is 11.6. The fourth-order valence-electron chi connectivity index (χ4n) is 2.31. The summed E-state index contributed by atoms with van der Waals surface area (Å²) in [5, 5.41) is 3.61. The number of ether oxygens (including phenoxy) is 1. The van der Waals surface area contributed by atoms with Crippen LogP contribution < -0.4 is 5.32 Å². The highest BCUT2D eigenvalue weighted by molar-refractivity contribution is 5.07. The van der Waals surface area contributed by atoms with E-state index in [2.05, 4.69) is 25.2 Å². The molecule has 0 radical (unpaired) electrons. The Bertz CT molecular complexity index is 213. The molecule has 1 unspecified atom stereocenters. The monoisotopic (exact) mass is 239 g/mol.